The predicted octanol–water partition coefficient (Wildman–Crippen LogP) is 3.90. The first-order valence-corrected chi connectivity index (χ1v) is 13.8. The Bertz CT molecular complexity index is 1060. The Hall–Kier alpha value is -2.47. The summed E-state index contributed by atoms with van der Waals surface area (Å²) in [6.45, 7) is 8.20. The molecule has 28 heavy (non-hydrogen) atoms. The predicted molar refractivity (Wildman–Crippen MR) is 111 cm³/mol. The number of aryl methyl sites for hydroxylation is 1. The molecule has 0 N–H and O–H groups in total. The molecular formula is C20H22N2O4SSi. The van der Waals surface area contributed by atoms with Crippen molar-refractivity contribution in [3.05, 3.63) is 69.8 Å². The van der Waals surface area contributed by atoms with Crippen LogP contribution in [0.3, 0.4) is 0 Å². The molecule has 0 spiro atoms. The zero-order chi connectivity index (χ0) is 20.7. The fourth-order valence-electron chi connectivity index (χ4n) is 2.90. The van der Waals surface area contributed by atoms with Crippen LogP contribution in [0.1, 0.15) is 17.2 Å². The molecule has 3 rings (SSSR count). The van der Waals surface area contributed by atoms with Crippen molar-refractivity contribution in [1.29, 1.82) is 0 Å². The molecule has 1 aliphatic rings. The fraction of sp³-hybridized carbons (Fsp3) is 0.300. The molecule has 1 saturated heterocycles. The summed E-state index contributed by atoms with van der Waals surface area (Å²) in [6, 6.07) is 11.8. The average molecular weight is 415 g/mol. The number of nitro benzene ring substituents is 1. The molecule has 0 aromatic heterocycles. The number of sulfonamides is 1. The van der Waals surface area contributed by atoms with Crippen molar-refractivity contribution in [1.82, 2.24) is 4.31 Å². The fourth-order valence-corrected chi connectivity index (χ4v) is 5.15. The maximum absolute atomic E-state index is 13.2. The zero-order valence-corrected chi connectivity index (χ0v) is 18.0. The van der Waals surface area contributed by atoms with Gasteiger partial charge in [0.1, 0.15) is 14.1 Å². The highest BCUT2D eigenvalue weighted by Gasteiger charge is 2.55. The number of hydrogen-bond donors (Lipinski definition) is 0. The Morgan fingerprint density at radius 2 is 1.61 bits per heavy atom. The molecule has 0 amide bonds. The van der Waals surface area contributed by atoms with Crippen molar-refractivity contribution in [3.63, 3.8) is 0 Å². The molecule has 0 saturated carbocycles. The molecule has 0 bridgehead atoms. The van der Waals surface area contributed by atoms with Crippen molar-refractivity contribution in [3.8, 4) is 11.5 Å². The molecule has 1 aliphatic heterocycles. The smallest absolute Gasteiger partial charge is 0.258 e. The van der Waals surface area contributed by atoms with Gasteiger partial charge in [-0.2, -0.15) is 4.31 Å². The van der Waals surface area contributed by atoms with Crippen LogP contribution in [-0.4, -0.2) is 31.8 Å². The monoisotopic (exact) mass is 414 g/mol. The molecule has 6 nitrogen and oxygen atoms in total. The van der Waals surface area contributed by atoms with Gasteiger partial charge in [0.15, 0.2) is 0 Å². The summed E-state index contributed by atoms with van der Waals surface area (Å²) < 4.78 is 27.7. The minimum absolute atomic E-state index is 0.0259. The molecule has 8 heteroatoms. The summed E-state index contributed by atoms with van der Waals surface area (Å²) in [7, 11) is -5.39. The summed E-state index contributed by atoms with van der Waals surface area (Å²) in [5.41, 5.74) is 4.91. The summed E-state index contributed by atoms with van der Waals surface area (Å²) in [5.74, 6) is 3.14. The van der Waals surface area contributed by atoms with Crippen LogP contribution in [0.2, 0.25) is 19.6 Å². The highest BCUT2D eigenvalue weighted by atomic mass is 32.2. The van der Waals surface area contributed by atoms with E-state index in [0.29, 0.717) is 5.56 Å². The van der Waals surface area contributed by atoms with Crippen LogP contribution in [0.25, 0.3) is 0 Å². The van der Waals surface area contributed by atoms with Gasteiger partial charge in [-0.25, -0.2) is 8.42 Å². The molecule has 2 aromatic carbocycles. The minimum atomic E-state index is -3.71. The molecule has 3 atom stereocenters. The third-order valence-corrected chi connectivity index (χ3v) is 7.17. The van der Waals surface area contributed by atoms with E-state index in [1.165, 1.54) is 16.4 Å². The topological polar surface area (TPSA) is 80.3 Å². The van der Waals surface area contributed by atoms with Crippen LogP contribution < -0.4 is 0 Å². The Morgan fingerprint density at radius 3 is 2.11 bits per heavy atom. The normalized spacial score (nSPS) is 21.5. The molecule has 0 aliphatic carbocycles. The van der Waals surface area contributed by atoms with E-state index in [0.717, 1.165) is 5.56 Å². The van der Waals surface area contributed by atoms with Crippen molar-refractivity contribution in [2.75, 3.05) is 0 Å². The summed E-state index contributed by atoms with van der Waals surface area (Å²) >= 11 is 0. The highest BCUT2D eigenvalue weighted by Crippen LogP contribution is 2.47. The highest BCUT2D eigenvalue weighted by molar-refractivity contribution is 7.89. The summed E-state index contributed by atoms with van der Waals surface area (Å²) in [4.78, 5) is 10.6. The lowest BCUT2D eigenvalue weighted by molar-refractivity contribution is -0.384. The largest absolute Gasteiger partial charge is 0.269 e. The Labute approximate surface area is 166 Å². The molecule has 1 fully saturated rings. The van der Waals surface area contributed by atoms with Gasteiger partial charge in [-0.3, -0.25) is 10.1 Å². The maximum Gasteiger partial charge on any atom is 0.269 e. The van der Waals surface area contributed by atoms with Crippen LogP contribution in [-0.2, 0) is 10.0 Å². The van der Waals surface area contributed by atoms with Crippen molar-refractivity contribution in [2.24, 2.45) is 0 Å². The van der Waals surface area contributed by atoms with E-state index in [2.05, 4.69) is 31.1 Å². The van der Waals surface area contributed by atoms with Gasteiger partial charge in [-0.05, 0) is 24.6 Å². The average Bonchev–Trinajstić information content (AvgIpc) is 3.35. The van der Waals surface area contributed by atoms with Gasteiger partial charge in [-0.1, -0.05) is 55.4 Å². The lowest BCUT2D eigenvalue weighted by Crippen LogP contribution is -2.18. The maximum atomic E-state index is 13.2. The van der Waals surface area contributed by atoms with Crippen LogP contribution >= 0.6 is 0 Å². The minimum Gasteiger partial charge on any atom is -0.258 e. The van der Waals surface area contributed by atoms with Gasteiger partial charge in [0.2, 0.25) is 10.0 Å². The Balaban J connectivity index is 1.99. The third-order valence-electron chi connectivity index (χ3n) is 4.39. The van der Waals surface area contributed by atoms with E-state index in [9.17, 15) is 18.5 Å². The van der Waals surface area contributed by atoms with Crippen LogP contribution in [0.4, 0.5) is 5.69 Å². The van der Waals surface area contributed by atoms with Crippen LogP contribution in [0, 0.1) is 28.5 Å². The molecule has 2 aromatic rings. The number of benzene rings is 2. The first kappa shape index (κ1) is 20.3. The molecule has 146 valence electrons. The number of non-ortho nitro benzene ring substituents is 1. The first-order valence-electron chi connectivity index (χ1n) is 8.88. The number of nitro groups is 1. The number of hydrogen-bond acceptors (Lipinski definition) is 4. The van der Waals surface area contributed by atoms with Gasteiger partial charge in [-0.15, -0.1) is 5.54 Å². The van der Waals surface area contributed by atoms with Crippen LogP contribution in [0.15, 0.2) is 53.4 Å². The number of rotatable bonds is 4. The van der Waals surface area contributed by atoms with E-state index in [-0.39, 0.29) is 10.6 Å². The van der Waals surface area contributed by atoms with Gasteiger partial charge in [0.25, 0.3) is 5.69 Å². The second kappa shape index (κ2) is 7.17. The molecular weight excluding hydrogens is 392 g/mol. The van der Waals surface area contributed by atoms with Gasteiger partial charge < -0.3 is 0 Å². The van der Waals surface area contributed by atoms with E-state index < -0.39 is 35.1 Å². The summed E-state index contributed by atoms with van der Waals surface area (Å²) in [5, 5.41) is 10.9. The molecule has 1 heterocycles. The summed E-state index contributed by atoms with van der Waals surface area (Å²) in [6.07, 6.45) is 0. The Kier molecular flexibility index (Phi) is 5.19. The van der Waals surface area contributed by atoms with E-state index in [1.807, 2.05) is 6.92 Å². The Morgan fingerprint density at radius 1 is 1.04 bits per heavy atom. The molecule has 0 radical (unpaired) electrons. The quantitative estimate of drug-likeness (QED) is 0.250. The molecule has 1 unspecified atom stereocenters. The van der Waals surface area contributed by atoms with Crippen LogP contribution in [0.5, 0.6) is 0 Å². The standard InChI is InChI=1S/C20H22N2O4SSi/c1-15-5-11-18(12-6-15)27(25,26)21-19(13-14-28(2,3)4)20(21)16-7-9-17(10-8-16)22(23)24/h5-12,19-20H,1-4H3/t19-,20+,21?/m1/s1. The van der Waals surface area contributed by atoms with E-state index >= 15 is 0 Å². The van der Waals surface area contributed by atoms with E-state index in [4.69, 9.17) is 0 Å². The van der Waals surface area contributed by atoms with Crippen molar-refractivity contribution < 1.29 is 13.3 Å². The van der Waals surface area contributed by atoms with Crippen molar-refractivity contribution >= 4 is 23.8 Å². The van der Waals surface area contributed by atoms with Gasteiger partial charge in [0, 0.05) is 12.1 Å². The lowest BCUT2D eigenvalue weighted by Gasteiger charge is -2.07. The van der Waals surface area contributed by atoms with Crippen molar-refractivity contribution in [2.45, 2.75) is 43.5 Å². The second-order valence-corrected chi connectivity index (χ2v) is 14.5. The zero-order valence-electron chi connectivity index (χ0n) is 16.2. The van der Waals surface area contributed by atoms with Gasteiger partial charge in [0.05, 0.1) is 15.9 Å². The lowest BCUT2D eigenvalue weighted by atomic mass is 10.1. The third kappa shape index (κ3) is 4.17. The number of nitrogens with zero attached hydrogens (tertiary/aromatic N) is 2. The second-order valence-electron chi connectivity index (χ2n) is 7.91. The van der Waals surface area contributed by atoms with Gasteiger partial charge >= 0.3 is 0 Å². The van der Waals surface area contributed by atoms with E-state index in [1.54, 1.807) is 36.4 Å². The first-order chi connectivity index (χ1) is 13.0. The SMILES string of the molecule is Cc1ccc(S(=O)(=O)N2[C@H](C#C[Si](C)(C)C)[C@@H]2c2ccc([N+](=O)[O-])cc2)cc1.